The largest absolute Gasteiger partial charge is 0.399 e. The molecule has 0 radical (unpaired) electrons. The highest BCUT2D eigenvalue weighted by Gasteiger charge is 2.16. The van der Waals surface area contributed by atoms with Crippen molar-refractivity contribution in [3.05, 3.63) is 24.3 Å². The minimum Gasteiger partial charge on any atom is -0.399 e. The quantitative estimate of drug-likeness (QED) is 0.761. The highest BCUT2D eigenvalue weighted by atomic mass is 32.2. The zero-order chi connectivity index (χ0) is 12.9. The Morgan fingerprint density at radius 1 is 1.29 bits per heavy atom. The summed E-state index contributed by atoms with van der Waals surface area (Å²) in [5, 5.41) is 0. The number of nitrogens with zero attached hydrogens (tertiary/aromatic N) is 1. The van der Waals surface area contributed by atoms with Crippen molar-refractivity contribution in [2.24, 2.45) is 0 Å². The zero-order valence-electron chi connectivity index (χ0n) is 10.2. The van der Waals surface area contributed by atoms with Crippen LogP contribution in [-0.2, 0) is 10.2 Å². The summed E-state index contributed by atoms with van der Waals surface area (Å²) in [7, 11) is -1.89. The highest BCUT2D eigenvalue weighted by Crippen LogP contribution is 2.13. The van der Waals surface area contributed by atoms with Crippen LogP contribution in [0.2, 0.25) is 0 Å². The maximum Gasteiger partial charge on any atom is 0.301 e. The fraction of sp³-hybridized carbons (Fsp3) is 0.455. The van der Waals surface area contributed by atoms with Gasteiger partial charge in [-0.2, -0.15) is 12.7 Å². The van der Waals surface area contributed by atoms with E-state index in [2.05, 4.69) is 4.72 Å². The van der Waals surface area contributed by atoms with Crippen LogP contribution >= 0.6 is 0 Å². The number of hydrogen-bond donors (Lipinski definition) is 2. The molecule has 0 saturated heterocycles. The van der Waals surface area contributed by atoms with Crippen molar-refractivity contribution in [1.29, 1.82) is 0 Å². The molecule has 0 amide bonds. The Kier molecular flexibility index (Phi) is 4.77. The standard InChI is InChI=1S/C11H19N3O2S/c1-3-4-9-14(2)17(15,16)13-11-7-5-10(12)6-8-11/h5-8,13H,3-4,9,12H2,1-2H3. The van der Waals surface area contributed by atoms with E-state index < -0.39 is 10.2 Å². The van der Waals surface area contributed by atoms with Crippen LogP contribution in [0.1, 0.15) is 19.8 Å². The Labute approximate surface area is 103 Å². The average Bonchev–Trinajstić information content (AvgIpc) is 2.28. The van der Waals surface area contributed by atoms with Crippen molar-refractivity contribution >= 4 is 21.6 Å². The van der Waals surface area contributed by atoms with E-state index in [1.54, 1.807) is 31.3 Å². The first-order valence-corrected chi connectivity index (χ1v) is 6.99. The SMILES string of the molecule is CCCCN(C)S(=O)(=O)Nc1ccc(N)cc1. The van der Waals surface area contributed by atoms with Crippen molar-refractivity contribution in [3.8, 4) is 0 Å². The summed E-state index contributed by atoms with van der Waals surface area (Å²) in [5.74, 6) is 0. The fourth-order valence-corrected chi connectivity index (χ4v) is 2.24. The Bertz CT molecular complexity index is 442. The van der Waals surface area contributed by atoms with Gasteiger partial charge in [0.1, 0.15) is 0 Å². The maximum atomic E-state index is 11.9. The van der Waals surface area contributed by atoms with Gasteiger partial charge in [-0.3, -0.25) is 4.72 Å². The lowest BCUT2D eigenvalue weighted by Crippen LogP contribution is -2.33. The summed E-state index contributed by atoms with van der Waals surface area (Å²) in [6, 6.07) is 6.59. The molecule has 17 heavy (non-hydrogen) atoms. The van der Waals surface area contributed by atoms with Gasteiger partial charge in [0.05, 0.1) is 0 Å². The second kappa shape index (κ2) is 5.88. The molecule has 0 bridgehead atoms. The Balaban J connectivity index is 2.69. The predicted molar refractivity (Wildman–Crippen MR) is 70.9 cm³/mol. The minimum atomic E-state index is -3.46. The lowest BCUT2D eigenvalue weighted by molar-refractivity contribution is 0.463. The number of anilines is 2. The van der Waals surface area contributed by atoms with Gasteiger partial charge in [0, 0.05) is 25.0 Å². The molecule has 0 heterocycles. The van der Waals surface area contributed by atoms with E-state index in [0.29, 0.717) is 17.9 Å². The normalized spacial score (nSPS) is 11.7. The number of nitrogens with one attached hydrogen (secondary N) is 1. The number of nitrogens with two attached hydrogens (primary N) is 1. The second-order valence-electron chi connectivity index (χ2n) is 3.90. The second-order valence-corrected chi connectivity index (χ2v) is 5.68. The number of rotatable bonds is 6. The van der Waals surface area contributed by atoms with Gasteiger partial charge in [-0.25, -0.2) is 0 Å². The average molecular weight is 257 g/mol. The van der Waals surface area contributed by atoms with Crippen molar-refractivity contribution in [3.63, 3.8) is 0 Å². The van der Waals surface area contributed by atoms with Crippen molar-refractivity contribution in [2.75, 3.05) is 24.0 Å². The van der Waals surface area contributed by atoms with Gasteiger partial charge in [-0.1, -0.05) is 13.3 Å². The molecule has 1 aromatic carbocycles. The van der Waals surface area contributed by atoms with Crippen LogP contribution in [0.25, 0.3) is 0 Å². The first-order chi connectivity index (χ1) is 7.95. The maximum absolute atomic E-state index is 11.9. The third-order valence-electron chi connectivity index (χ3n) is 2.39. The number of unbranched alkanes of at least 4 members (excludes halogenated alkanes) is 1. The lowest BCUT2D eigenvalue weighted by Gasteiger charge is -2.17. The Morgan fingerprint density at radius 3 is 2.41 bits per heavy atom. The van der Waals surface area contributed by atoms with E-state index in [-0.39, 0.29) is 0 Å². The van der Waals surface area contributed by atoms with Crippen molar-refractivity contribution in [2.45, 2.75) is 19.8 Å². The van der Waals surface area contributed by atoms with E-state index in [1.807, 2.05) is 6.92 Å². The Morgan fingerprint density at radius 2 is 1.88 bits per heavy atom. The van der Waals surface area contributed by atoms with Gasteiger partial charge in [0.2, 0.25) is 0 Å². The molecule has 0 unspecified atom stereocenters. The third-order valence-corrected chi connectivity index (χ3v) is 3.89. The molecule has 0 aliphatic rings. The molecular weight excluding hydrogens is 238 g/mol. The molecular formula is C11H19N3O2S. The molecule has 0 aromatic heterocycles. The molecule has 1 rings (SSSR count). The van der Waals surface area contributed by atoms with Gasteiger partial charge in [0.25, 0.3) is 0 Å². The van der Waals surface area contributed by atoms with Crippen molar-refractivity contribution in [1.82, 2.24) is 4.31 Å². The Hall–Kier alpha value is -1.27. The summed E-state index contributed by atoms with van der Waals surface area (Å²) in [6.45, 7) is 2.54. The van der Waals surface area contributed by atoms with Crippen LogP contribution in [0.4, 0.5) is 11.4 Å². The van der Waals surface area contributed by atoms with Crippen LogP contribution in [0.15, 0.2) is 24.3 Å². The van der Waals surface area contributed by atoms with Crippen molar-refractivity contribution < 1.29 is 8.42 Å². The van der Waals surface area contributed by atoms with E-state index in [9.17, 15) is 8.42 Å². The number of hydrogen-bond acceptors (Lipinski definition) is 3. The molecule has 96 valence electrons. The van der Waals surface area contributed by atoms with Crippen LogP contribution in [0, 0.1) is 0 Å². The summed E-state index contributed by atoms with van der Waals surface area (Å²) in [4.78, 5) is 0. The molecule has 0 fully saturated rings. The van der Waals surface area contributed by atoms with E-state index in [1.165, 1.54) is 4.31 Å². The minimum absolute atomic E-state index is 0.515. The van der Waals surface area contributed by atoms with Gasteiger partial charge in [-0.15, -0.1) is 0 Å². The molecule has 0 aliphatic heterocycles. The fourth-order valence-electron chi connectivity index (χ4n) is 1.28. The summed E-state index contributed by atoms with van der Waals surface area (Å²) in [6.07, 6.45) is 1.81. The predicted octanol–water partition coefficient (Wildman–Crippen LogP) is 1.66. The number of nitrogen functional groups attached to an aromatic ring is 1. The molecule has 0 aliphatic carbocycles. The van der Waals surface area contributed by atoms with E-state index in [4.69, 9.17) is 5.73 Å². The van der Waals surface area contributed by atoms with Crippen LogP contribution < -0.4 is 10.5 Å². The topological polar surface area (TPSA) is 75.4 Å². The van der Waals surface area contributed by atoms with Crippen LogP contribution in [0.5, 0.6) is 0 Å². The number of benzene rings is 1. The van der Waals surface area contributed by atoms with Gasteiger partial charge in [-0.05, 0) is 30.7 Å². The van der Waals surface area contributed by atoms with Gasteiger partial charge >= 0.3 is 10.2 Å². The van der Waals surface area contributed by atoms with Gasteiger partial charge < -0.3 is 5.73 Å². The molecule has 3 N–H and O–H groups in total. The zero-order valence-corrected chi connectivity index (χ0v) is 11.0. The molecule has 5 nitrogen and oxygen atoms in total. The van der Waals surface area contributed by atoms with E-state index >= 15 is 0 Å². The first kappa shape index (κ1) is 13.8. The monoisotopic (exact) mass is 257 g/mol. The lowest BCUT2D eigenvalue weighted by atomic mass is 10.3. The molecule has 0 atom stereocenters. The summed E-state index contributed by atoms with van der Waals surface area (Å²) >= 11 is 0. The van der Waals surface area contributed by atoms with Crippen LogP contribution in [0.3, 0.4) is 0 Å². The van der Waals surface area contributed by atoms with E-state index in [0.717, 1.165) is 12.8 Å². The molecule has 6 heteroatoms. The molecule has 1 aromatic rings. The highest BCUT2D eigenvalue weighted by molar-refractivity contribution is 7.90. The summed E-state index contributed by atoms with van der Waals surface area (Å²) < 4.78 is 27.6. The van der Waals surface area contributed by atoms with Crippen LogP contribution in [-0.4, -0.2) is 26.3 Å². The summed E-state index contributed by atoms with van der Waals surface area (Å²) in [5.41, 5.74) is 6.65. The molecule has 0 saturated carbocycles. The smallest absolute Gasteiger partial charge is 0.301 e. The molecule has 0 spiro atoms. The first-order valence-electron chi connectivity index (χ1n) is 5.55. The third kappa shape index (κ3) is 4.24. The van der Waals surface area contributed by atoms with Gasteiger partial charge in [0.15, 0.2) is 0 Å².